The third-order valence-electron chi connectivity index (χ3n) is 2.46. The second-order valence-corrected chi connectivity index (χ2v) is 5.03. The molecule has 0 spiro atoms. The van der Waals surface area contributed by atoms with E-state index in [1.165, 1.54) is 0 Å². The Morgan fingerprint density at radius 1 is 1.44 bits per heavy atom. The smallest absolute Gasteiger partial charge is 0.137 e. The fraction of sp³-hybridized carbons (Fsp3) is 0.462. The highest BCUT2D eigenvalue weighted by Crippen LogP contribution is 2.17. The van der Waals surface area contributed by atoms with Crippen LogP contribution in [-0.4, -0.2) is 11.8 Å². The lowest BCUT2D eigenvalue weighted by molar-refractivity contribution is -0.118. The minimum absolute atomic E-state index is 0.191. The third-order valence-corrected chi connectivity index (χ3v) is 3.23. The normalized spacial score (nSPS) is 12.4. The van der Waals surface area contributed by atoms with Crippen LogP contribution in [0.2, 0.25) is 0 Å². The average Bonchev–Trinajstić information content (AvgIpc) is 2.21. The van der Waals surface area contributed by atoms with Gasteiger partial charge in [0.15, 0.2) is 0 Å². The average molecular weight is 284 g/mol. The first-order chi connectivity index (χ1) is 7.59. The van der Waals surface area contributed by atoms with Gasteiger partial charge in [0.05, 0.1) is 0 Å². The van der Waals surface area contributed by atoms with Gasteiger partial charge in [-0.05, 0) is 31.4 Å². The summed E-state index contributed by atoms with van der Waals surface area (Å²) < 4.78 is 1.01. The molecule has 1 atom stereocenters. The van der Waals surface area contributed by atoms with E-state index in [-0.39, 0.29) is 11.8 Å². The van der Waals surface area contributed by atoms with Gasteiger partial charge in [-0.15, -0.1) is 0 Å². The molecular weight excluding hydrogens is 266 g/mol. The number of Topliss-reactive ketones (excluding diaryl/α,β-unsaturated/α-hetero) is 1. The summed E-state index contributed by atoms with van der Waals surface area (Å²) in [5, 5.41) is 0. The van der Waals surface area contributed by atoms with E-state index in [0.717, 1.165) is 22.9 Å². The van der Waals surface area contributed by atoms with E-state index in [9.17, 15) is 4.79 Å². The molecule has 0 bridgehead atoms. The maximum atomic E-state index is 11.7. The highest BCUT2D eigenvalue weighted by atomic mass is 79.9. The number of carbonyl (C=O) groups is 1. The van der Waals surface area contributed by atoms with E-state index in [1.54, 1.807) is 0 Å². The topological polar surface area (TPSA) is 43.1 Å². The zero-order valence-corrected chi connectivity index (χ0v) is 11.2. The van der Waals surface area contributed by atoms with Crippen molar-refractivity contribution in [3.63, 3.8) is 0 Å². The SMILES string of the molecule is CC(N)CCCC(=O)Cc1ccccc1Br. The van der Waals surface area contributed by atoms with Crippen molar-refractivity contribution in [1.82, 2.24) is 0 Å². The summed E-state index contributed by atoms with van der Waals surface area (Å²) in [5.41, 5.74) is 6.70. The van der Waals surface area contributed by atoms with E-state index in [1.807, 2.05) is 31.2 Å². The fourth-order valence-corrected chi connectivity index (χ4v) is 1.99. The summed E-state index contributed by atoms with van der Waals surface area (Å²) >= 11 is 3.44. The molecule has 0 radical (unpaired) electrons. The second kappa shape index (κ2) is 6.81. The first kappa shape index (κ1) is 13.4. The Labute approximate surface area is 105 Å². The van der Waals surface area contributed by atoms with Crippen LogP contribution in [0.4, 0.5) is 0 Å². The highest BCUT2D eigenvalue weighted by molar-refractivity contribution is 9.10. The number of hydrogen-bond acceptors (Lipinski definition) is 2. The summed E-state index contributed by atoms with van der Waals surface area (Å²) in [6.45, 7) is 1.97. The molecule has 0 aliphatic heterocycles. The van der Waals surface area contributed by atoms with Gasteiger partial charge in [0.1, 0.15) is 5.78 Å². The minimum atomic E-state index is 0.191. The maximum absolute atomic E-state index is 11.7. The molecule has 0 heterocycles. The van der Waals surface area contributed by atoms with Crippen LogP contribution in [0.1, 0.15) is 31.7 Å². The Bertz CT molecular complexity index is 350. The zero-order chi connectivity index (χ0) is 12.0. The van der Waals surface area contributed by atoms with E-state index >= 15 is 0 Å². The summed E-state index contributed by atoms with van der Waals surface area (Å²) in [7, 11) is 0. The molecule has 2 nitrogen and oxygen atoms in total. The fourth-order valence-electron chi connectivity index (χ4n) is 1.56. The van der Waals surface area contributed by atoms with Crippen molar-refractivity contribution in [3.05, 3.63) is 34.3 Å². The predicted molar refractivity (Wildman–Crippen MR) is 70.4 cm³/mol. The molecule has 3 heteroatoms. The van der Waals surface area contributed by atoms with Crippen molar-refractivity contribution in [2.45, 2.75) is 38.6 Å². The summed E-state index contributed by atoms with van der Waals surface area (Å²) in [6, 6.07) is 8.04. The molecule has 0 fully saturated rings. The Balaban J connectivity index is 2.37. The molecule has 0 aliphatic carbocycles. The van der Waals surface area contributed by atoms with Gasteiger partial charge < -0.3 is 5.73 Å². The van der Waals surface area contributed by atoms with Crippen LogP contribution >= 0.6 is 15.9 Å². The van der Waals surface area contributed by atoms with E-state index in [4.69, 9.17) is 5.73 Å². The summed E-state index contributed by atoms with van der Waals surface area (Å²) in [6.07, 6.45) is 2.95. The molecule has 16 heavy (non-hydrogen) atoms. The van der Waals surface area contributed by atoms with Crippen LogP contribution in [0.5, 0.6) is 0 Å². The van der Waals surface area contributed by atoms with E-state index < -0.39 is 0 Å². The number of ketones is 1. The molecular formula is C13H18BrNO. The van der Waals surface area contributed by atoms with Crippen LogP contribution in [0.25, 0.3) is 0 Å². The number of halogens is 1. The predicted octanol–water partition coefficient (Wildman–Crippen LogP) is 3.08. The van der Waals surface area contributed by atoms with Gasteiger partial charge in [-0.3, -0.25) is 4.79 Å². The first-order valence-electron chi connectivity index (χ1n) is 5.60. The molecule has 1 aromatic carbocycles. The van der Waals surface area contributed by atoms with Gasteiger partial charge in [0.2, 0.25) is 0 Å². The van der Waals surface area contributed by atoms with E-state index in [0.29, 0.717) is 12.8 Å². The summed E-state index contributed by atoms with van der Waals surface area (Å²) in [4.78, 5) is 11.7. The van der Waals surface area contributed by atoms with Crippen molar-refractivity contribution in [2.75, 3.05) is 0 Å². The highest BCUT2D eigenvalue weighted by Gasteiger charge is 2.06. The van der Waals surface area contributed by atoms with Gasteiger partial charge in [-0.25, -0.2) is 0 Å². The molecule has 0 saturated heterocycles. The number of carbonyl (C=O) groups excluding carboxylic acids is 1. The van der Waals surface area contributed by atoms with Crippen LogP contribution in [0.3, 0.4) is 0 Å². The Hall–Kier alpha value is -0.670. The van der Waals surface area contributed by atoms with E-state index in [2.05, 4.69) is 15.9 Å². The number of hydrogen-bond donors (Lipinski definition) is 1. The van der Waals surface area contributed by atoms with Crippen molar-refractivity contribution < 1.29 is 4.79 Å². The van der Waals surface area contributed by atoms with Crippen molar-refractivity contribution >= 4 is 21.7 Å². The Morgan fingerprint density at radius 3 is 2.75 bits per heavy atom. The molecule has 0 saturated carbocycles. The van der Waals surface area contributed by atoms with Crippen molar-refractivity contribution in [3.8, 4) is 0 Å². The van der Waals surface area contributed by atoms with Gasteiger partial charge >= 0.3 is 0 Å². The second-order valence-electron chi connectivity index (χ2n) is 4.18. The lowest BCUT2D eigenvalue weighted by Crippen LogP contribution is -2.15. The molecule has 0 aliphatic rings. The monoisotopic (exact) mass is 283 g/mol. The molecule has 2 N–H and O–H groups in total. The number of nitrogens with two attached hydrogens (primary N) is 1. The molecule has 1 aromatic rings. The molecule has 88 valence electrons. The quantitative estimate of drug-likeness (QED) is 0.872. The maximum Gasteiger partial charge on any atom is 0.137 e. The Morgan fingerprint density at radius 2 is 2.12 bits per heavy atom. The zero-order valence-electron chi connectivity index (χ0n) is 9.58. The largest absolute Gasteiger partial charge is 0.328 e. The van der Waals surface area contributed by atoms with Crippen LogP contribution in [-0.2, 0) is 11.2 Å². The minimum Gasteiger partial charge on any atom is -0.328 e. The number of rotatable bonds is 6. The molecule has 0 amide bonds. The van der Waals surface area contributed by atoms with Crippen molar-refractivity contribution in [1.29, 1.82) is 0 Å². The van der Waals surface area contributed by atoms with Gasteiger partial charge in [-0.1, -0.05) is 34.1 Å². The molecule has 1 unspecified atom stereocenters. The van der Waals surface area contributed by atoms with Crippen LogP contribution in [0, 0.1) is 0 Å². The Kier molecular flexibility index (Phi) is 5.71. The standard InChI is InChI=1S/C13H18BrNO/c1-10(15)5-4-7-12(16)9-11-6-2-3-8-13(11)14/h2-3,6,8,10H,4-5,7,9,15H2,1H3. The van der Waals surface area contributed by atoms with Crippen LogP contribution in [0.15, 0.2) is 28.7 Å². The lowest BCUT2D eigenvalue weighted by Gasteiger charge is -2.05. The van der Waals surface area contributed by atoms with Gasteiger partial charge in [0.25, 0.3) is 0 Å². The first-order valence-corrected chi connectivity index (χ1v) is 6.39. The van der Waals surface area contributed by atoms with Crippen molar-refractivity contribution in [2.24, 2.45) is 5.73 Å². The van der Waals surface area contributed by atoms with Crippen LogP contribution < -0.4 is 5.73 Å². The van der Waals surface area contributed by atoms with Gasteiger partial charge in [-0.2, -0.15) is 0 Å². The molecule has 1 rings (SSSR count). The third kappa shape index (κ3) is 4.90. The summed E-state index contributed by atoms with van der Waals surface area (Å²) in [5.74, 6) is 0.285. The van der Waals surface area contributed by atoms with Gasteiger partial charge in [0, 0.05) is 23.4 Å². The number of benzene rings is 1. The molecule has 0 aromatic heterocycles. The lowest BCUT2D eigenvalue weighted by atomic mass is 10.0.